The van der Waals surface area contributed by atoms with Crippen molar-refractivity contribution in [3.05, 3.63) is 24.3 Å². The molecule has 7 nitrogen and oxygen atoms in total. The standard InChI is InChI=1S/C13H14N4O3S/c1-8(18)15-9-2-4-10(5-3-9)16-11(19)12(20)17-13-14-6-7-21-13/h2-5H,6-7H2,1H3,(H,15,18)(H,16,19)(H,14,17,20). The highest BCUT2D eigenvalue weighted by Gasteiger charge is 2.17. The molecule has 0 fully saturated rings. The molecule has 1 heterocycles. The quantitative estimate of drug-likeness (QED) is 0.704. The second-order valence-corrected chi connectivity index (χ2v) is 5.29. The highest BCUT2D eigenvalue weighted by Crippen LogP contribution is 2.13. The minimum absolute atomic E-state index is 0.180. The van der Waals surface area contributed by atoms with E-state index in [1.165, 1.54) is 18.7 Å². The Balaban J connectivity index is 1.89. The largest absolute Gasteiger partial charge is 0.326 e. The summed E-state index contributed by atoms with van der Waals surface area (Å²) < 4.78 is 0. The SMILES string of the molecule is CC(=O)Nc1ccc(NC(=O)C(=O)NC2=NCCS2)cc1. The van der Waals surface area contributed by atoms with Crippen LogP contribution in [-0.4, -0.2) is 35.2 Å². The van der Waals surface area contributed by atoms with Gasteiger partial charge in [0.25, 0.3) is 0 Å². The van der Waals surface area contributed by atoms with Gasteiger partial charge >= 0.3 is 11.8 Å². The predicted octanol–water partition coefficient (Wildman–Crippen LogP) is 0.802. The Morgan fingerprint density at radius 3 is 2.10 bits per heavy atom. The molecule has 1 aromatic rings. The molecule has 3 amide bonds. The number of nitrogens with zero attached hydrogens (tertiary/aromatic N) is 1. The Kier molecular flexibility index (Phi) is 4.94. The minimum atomic E-state index is -0.766. The first-order chi connectivity index (χ1) is 10.0. The van der Waals surface area contributed by atoms with Crippen molar-refractivity contribution < 1.29 is 14.4 Å². The van der Waals surface area contributed by atoms with E-state index in [4.69, 9.17) is 0 Å². The summed E-state index contributed by atoms with van der Waals surface area (Å²) in [6.07, 6.45) is 0. The molecule has 1 aliphatic heterocycles. The van der Waals surface area contributed by atoms with E-state index in [0.717, 1.165) is 5.75 Å². The summed E-state index contributed by atoms with van der Waals surface area (Å²) in [5, 5.41) is 7.99. The van der Waals surface area contributed by atoms with E-state index in [2.05, 4.69) is 20.9 Å². The van der Waals surface area contributed by atoms with E-state index in [1.54, 1.807) is 24.3 Å². The van der Waals surface area contributed by atoms with Gasteiger partial charge in [-0.05, 0) is 24.3 Å². The summed E-state index contributed by atoms with van der Waals surface area (Å²) in [5.74, 6) is -0.894. The first-order valence-corrected chi connectivity index (χ1v) is 7.20. The summed E-state index contributed by atoms with van der Waals surface area (Å²) in [6, 6.07) is 6.45. The number of carbonyl (C=O) groups excluding carboxylic acids is 3. The molecule has 0 radical (unpaired) electrons. The van der Waals surface area contributed by atoms with Crippen LogP contribution in [0.5, 0.6) is 0 Å². The number of amidine groups is 1. The number of aliphatic imine (C=N–C) groups is 1. The van der Waals surface area contributed by atoms with Gasteiger partial charge in [-0.15, -0.1) is 0 Å². The van der Waals surface area contributed by atoms with Crippen LogP contribution in [0.15, 0.2) is 29.3 Å². The molecular weight excluding hydrogens is 292 g/mol. The van der Waals surface area contributed by atoms with Crippen molar-refractivity contribution >= 4 is 46.0 Å². The van der Waals surface area contributed by atoms with Crippen molar-refractivity contribution in [2.75, 3.05) is 22.9 Å². The lowest BCUT2D eigenvalue weighted by Gasteiger charge is -2.07. The van der Waals surface area contributed by atoms with Crippen molar-refractivity contribution in [3.8, 4) is 0 Å². The second kappa shape index (κ2) is 6.89. The maximum absolute atomic E-state index is 11.7. The van der Waals surface area contributed by atoms with Gasteiger partial charge in [-0.2, -0.15) is 0 Å². The topological polar surface area (TPSA) is 99.7 Å². The fraction of sp³-hybridized carbons (Fsp3) is 0.231. The van der Waals surface area contributed by atoms with Crippen LogP contribution in [0.4, 0.5) is 11.4 Å². The Morgan fingerprint density at radius 2 is 1.57 bits per heavy atom. The van der Waals surface area contributed by atoms with Crippen LogP contribution in [0.1, 0.15) is 6.92 Å². The number of hydrogen-bond donors (Lipinski definition) is 3. The predicted molar refractivity (Wildman–Crippen MR) is 82.3 cm³/mol. The maximum atomic E-state index is 11.7. The van der Waals surface area contributed by atoms with Gasteiger partial charge in [-0.3, -0.25) is 24.7 Å². The third-order valence-corrected chi connectivity index (χ3v) is 3.37. The fourth-order valence-electron chi connectivity index (χ4n) is 1.59. The summed E-state index contributed by atoms with van der Waals surface area (Å²) >= 11 is 1.40. The molecular formula is C13H14N4O3S. The fourth-order valence-corrected chi connectivity index (χ4v) is 2.32. The van der Waals surface area contributed by atoms with Crippen molar-refractivity contribution in [1.29, 1.82) is 0 Å². The molecule has 0 spiro atoms. The second-order valence-electron chi connectivity index (χ2n) is 4.20. The molecule has 110 valence electrons. The molecule has 0 atom stereocenters. The molecule has 21 heavy (non-hydrogen) atoms. The van der Waals surface area contributed by atoms with Gasteiger partial charge in [0.2, 0.25) is 5.91 Å². The van der Waals surface area contributed by atoms with Crippen molar-refractivity contribution in [2.24, 2.45) is 4.99 Å². The zero-order chi connectivity index (χ0) is 15.2. The number of benzene rings is 1. The Labute approximate surface area is 125 Å². The monoisotopic (exact) mass is 306 g/mol. The van der Waals surface area contributed by atoms with Crippen LogP contribution in [-0.2, 0) is 14.4 Å². The number of thioether (sulfide) groups is 1. The van der Waals surface area contributed by atoms with Gasteiger partial charge in [0, 0.05) is 24.1 Å². The van der Waals surface area contributed by atoms with Crippen LogP contribution in [0.25, 0.3) is 0 Å². The third kappa shape index (κ3) is 4.60. The van der Waals surface area contributed by atoms with E-state index in [0.29, 0.717) is 23.1 Å². The van der Waals surface area contributed by atoms with E-state index in [1.807, 2.05) is 0 Å². The van der Waals surface area contributed by atoms with Gasteiger partial charge in [0.1, 0.15) is 0 Å². The molecule has 0 bridgehead atoms. The minimum Gasteiger partial charge on any atom is -0.326 e. The van der Waals surface area contributed by atoms with Crippen LogP contribution < -0.4 is 16.0 Å². The molecule has 3 N–H and O–H groups in total. The molecule has 0 unspecified atom stereocenters. The Bertz CT molecular complexity index is 598. The summed E-state index contributed by atoms with van der Waals surface area (Å²) in [7, 11) is 0. The van der Waals surface area contributed by atoms with Crippen molar-refractivity contribution in [3.63, 3.8) is 0 Å². The van der Waals surface area contributed by atoms with Crippen LogP contribution in [0.2, 0.25) is 0 Å². The average Bonchev–Trinajstić information content (AvgIpc) is 2.93. The van der Waals surface area contributed by atoms with Gasteiger partial charge in [0.15, 0.2) is 5.17 Å². The van der Waals surface area contributed by atoms with E-state index >= 15 is 0 Å². The molecule has 0 aliphatic carbocycles. The first kappa shape index (κ1) is 15.0. The number of carbonyl (C=O) groups is 3. The molecule has 0 saturated heterocycles. The van der Waals surface area contributed by atoms with E-state index < -0.39 is 11.8 Å². The summed E-state index contributed by atoms with van der Waals surface area (Å²) in [5.41, 5.74) is 1.08. The highest BCUT2D eigenvalue weighted by atomic mass is 32.2. The molecule has 0 aromatic heterocycles. The zero-order valence-corrected chi connectivity index (χ0v) is 12.1. The Hall–Kier alpha value is -2.35. The summed E-state index contributed by atoms with van der Waals surface area (Å²) in [4.78, 5) is 38.3. The van der Waals surface area contributed by atoms with E-state index in [9.17, 15) is 14.4 Å². The Morgan fingerprint density at radius 1 is 1.00 bits per heavy atom. The smallest absolute Gasteiger partial charge is 0.315 e. The number of hydrogen-bond acceptors (Lipinski definition) is 5. The molecule has 0 saturated carbocycles. The lowest BCUT2D eigenvalue weighted by atomic mass is 10.2. The van der Waals surface area contributed by atoms with E-state index in [-0.39, 0.29) is 5.91 Å². The zero-order valence-electron chi connectivity index (χ0n) is 11.3. The number of rotatable bonds is 2. The van der Waals surface area contributed by atoms with Crippen LogP contribution in [0, 0.1) is 0 Å². The number of amides is 3. The van der Waals surface area contributed by atoms with Gasteiger partial charge in [-0.25, -0.2) is 0 Å². The maximum Gasteiger partial charge on any atom is 0.315 e. The number of anilines is 2. The first-order valence-electron chi connectivity index (χ1n) is 6.22. The highest BCUT2D eigenvalue weighted by molar-refractivity contribution is 8.14. The van der Waals surface area contributed by atoms with Crippen LogP contribution >= 0.6 is 11.8 Å². The van der Waals surface area contributed by atoms with Gasteiger partial charge in [0.05, 0.1) is 6.54 Å². The third-order valence-electron chi connectivity index (χ3n) is 2.48. The van der Waals surface area contributed by atoms with Crippen LogP contribution in [0.3, 0.4) is 0 Å². The van der Waals surface area contributed by atoms with Gasteiger partial charge in [-0.1, -0.05) is 11.8 Å². The molecule has 8 heteroatoms. The van der Waals surface area contributed by atoms with Crippen molar-refractivity contribution in [2.45, 2.75) is 6.92 Å². The molecule has 2 rings (SSSR count). The summed E-state index contributed by atoms with van der Waals surface area (Å²) in [6.45, 7) is 2.05. The van der Waals surface area contributed by atoms with Gasteiger partial charge < -0.3 is 10.6 Å². The lowest BCUT2D eigenvalue weighted by Crippen LogP contribution is -2.37. The normalized spacial score (nSPS) is 13.3. The average molecular weight is 306 g/mol. The molecule has 1 aromatic carbocycles. The molecule has 1 aliphatic rings. The van der Waals surface area contributed by atoms with Crippen molar-refractivity contribution in [1.82, 2.24) is 5.32 Å². The number of nitrogens with one attached hydrogen (secondary N) is 3. The lowest BCUT2D eigenvalue weighted by molar-refractivity contribution is -0.135.